The van der Waals surface area contributed by atoms with E-state index in [9.17, 15) is 0 Å². The number of rotatable bonds is 3. The first-order valence-electron chi connectivity index (χ1n) is 12.0. The minimum Gasteiger partial charge on any atom is -0.482 e. The molecule has 0 amide bonds. The Hall–Kier alpha value is -3.30. The molecule has 3 aliphatic rings. The summed E-state index contributed by atoms with van der Waals surface area (Å²) >= 11 is 0. The molecule has 0 radical (unpaired) electrons. The van der Waals surface area contributed by atoms with Crippen molar-refractivity contribution in [1.82, 2.24) is 10.2 Å². The van der Waals surface area contributed by atoms with E-state index in [-0.39, 0.29) is 5.60 Å². The summed E-state index contributed by atoms with van der Waals surface area (Å²) in [5.41, 5.74) is 8.67. The van der Waals surface area contributed by atoms with Crippen molar-refractivity contribution in [2.24, 2.45) is 0 Å². The highest BCUT2D eigenvalue weighted by Gasteiger charge is 2.36. The van der Waals surface area contributed by atoms with Crippen molar-refractivity contribution in [3.8, 4) is 5.75 Å². The molecule has 3 heteroatoms. The fourth-order valence-electron chi connectivity index (χ4n) is 5.45. The number of fused-ring (bicyclic) bond motifs is 2. The molecule has 6 rings (SSSR count). The predicted octanol–water partition coefficient (Wildman–Crippen LogP) is 5.66. The molecule has 0 aliphatic carbocycles. The lowest BCUT2D eigenvalue weighted by atomic mass is 9.83. The number of hydrogen-bond donors (Lipinski definition) is 1. The average Bonchev–Trinajstić information content (AvgIpc) is 2.88. The fourth-order valence-corrected chi connectivity index (χ4v) is 5.45. The first-order chi connectivity index (χ1) is 16.2. The minimum absolute atomic E-state index is 0.210. The SMILES string of the molecule is C=C(c1ccc(C2=CC3(CCNCC3)Oc3ccccc32)cc1)N1CCc2ccccc2C1. The van der Waals surface area contributed by atoms with E-state index in [4.69, 9.17) is 4.74 Å². The molecule has 3 aromatic rings. The van der Waals surface area contributed by atoms with Crippen LogP contribution in [-0.4, -0.2) is 30.1 Å². The van der Waals surface area contributed by atoms with Gasteiger partial charge in [-0.1, -0.05) is 73.3 Å². The molecule has 1 N–H and O–H groups in total. The molecule has 1 spiro atoms. The second-order valence-electron chi connectivity index (χ2n) is 9.44. The molecular formula is C30H30N2O. The smallest absolute Gasteiger partial charge is 0.130 e. The topological polar surface area (TPSA) is 24.5 Å². The van der Waals surface area contributed by atoms with Gasteiger partial charge in [-0.15, -0.1) is 0 Å². The largest absolute Gasteiger partial charge is 0.482 e. The van der Waals surface area contributed by atoms with E-state index < -0.39 is 0 Å². The molecule has 0 aromatic heterocycles. The minimum atomic E-state index is -0.210. The van der Waals surface area contributed by atoms with Crippen LogP contribution in [0.15, 0.2) is 85.5 Å². The van der Waals surface area contributed by atoms with Gasteiger partial charge in [0.25, 0.3) is 0 Å². The lowest BCUT2D eigenvalue weighted by Gasteiger charge is -2.40. The van der Waals surface area contributed by atoms with Crippen molar-refractivity contribution in [3.63, 3.8) is 0 Å². The van der Waals surface area contributed by atoms with Crippen LogP contribution in [0.25, 0.3) is 11.3 Å². The zero-order chi connectivity index (χ0) is 22.3. The highest BCUT2D eigenvalue weighted by molar-refractivity contribution is 5.85. The molecule has 3 aliphatic heterocycles. The Bertz CT molecular complexity index is 1220. The van der Waals surface area contributed by atoms with Gasteiger partial charge in [0.2, 0.25) is 0 Å². The summed E-state index contributed by atoms with van der Waals surface area (Å²) in [6, 6.07) is 26.2. The van der Waals surface area contributed by atoms with Crippen LogP contribution in [0.5, 0.6) is 5.75 Å². The number of nitrogens with zero attached hydrogens (tertiary/aromatic N) is 1. The summed E-state index contributed by atoms with van der Waals surface area (Å²) in [5, 5.41) is 3.47. The summed E-state index contributed by atoms with van der Waals surface area (Å²) in [7, 11) is 0. The van der Waals surface area contributed by atoms with E-state index in [0.29, 0.717) is 0 Å². The fraction of sp³-hybridized carbons (Fsp3) is 0.267. The summed E-state index contributed by atoms with van der Waals surface area (Å²) in [4.78, 5) is 2.41. The quantitative estimate of drug-likeness (QED) is 0.575. The highest BCUT2D eigenvalue weighted by atomic mass is 16.5. The Morgan fingerprint density at radius 2 is 1.61 bits per heavy atom. The molecule has 33 heavy (non-hydrogen) atoms. The Morgan fingerprint density at radius 1 is 0.879 bits per heavy atom. The van der Waals surface area contributed by atoms with E-state index in [1.165, 1.54) is 33.4 Å². The van der Waals surface area contributed by atoms with Gasteiger partial charge < -0.3 is 15.0 Å². The van der Waals surface area contributed by atoms with Crippen LogP contribution < -0.4 is 10.1 Å². The van der Waals surface area contributed by atoms with Gasteiger partial charge in [0.15, 0.2) is 0 Å². The van der Waals surface area contributed by atoms with Crippen molar-refractivity contribution >= 4 is 11.3 Å². The maximum absolute atomic E-state index is 6.54. The third kappa shape index (κ3) is 3.77. The zero-order valence-electron chi connectivity index (χ0n) is 19.0. The summed E-state index contributed by atoms with van der Waals surface area (Å²) in [6.07, 6.45) is 5.45. The third-order valence-electron chi connectivity index (χ3n) is 7.39. The first kappa shape index (κ1) is 20.3. The van der Waals surface area contributed by atoms with E-state index in [1.807, 2.05) is 0 Å². The summed E-state index contributed by atoms with van der Waals surface area (Å²) in [6.45, 7) is 8.38. The average molecular weight is 435 g/mol. The van der Waals surface area contributed by atoms with Crippen LogP contribution in [0.1, 0.15) is 40.7 Å². The Balaban J connectivity index is 1.29. The van der Waals surface area contributed by atoms with Gasteiger partial charge in [-0.05, 0) is 59.5 Å². The van der Waals surface area contributed by atoms with Crippen LogP contribution in [0, 0.1) is 0 Å². The van der Waals surface area contributed by atoms with Crippen molar-refractivity contribution < 1.29 is 4.74 Å². The molecule has 0 unspecified atom stereocenters. The van der Waals surface area contributed by atoms with Crippen LogP contribution in [0.2, 0.25) is 0 Å². The van der Waals surface area contributed by atoms with Crippen molar-refractivity contribution in [1.29, 1.82) is 0 Å². The second kappa shape index (κ2) is 8.24. The summed E-state index contributed by atoms with van der Waals surface area (Å²) in [5.74, 6) is 0.998. The standard InChI is InChI=1S/C30H30N2O/c1-22(32-19-14-24-6-2-3-7-26(24)21-32)23-10-12-25(13-11-23)28-20-30(15-17-31-18-16-30)33-29-9-5-4-8-27(28)29/h2-13,20,31H,1,14-19,21H2. The molecule has 0 atom stereocenters. The van der Waals surface area contributed by atoms with Crippen molar-refractivity contribution in [2.75, 3.05) is 19.6 Å². The maximum Gasteiger partial charge on any atom is 0.130 e. The Kier molecular flexibility index (Phi) is 5.07. The lowest BCUT2D eigenvalue weighted by molar-refractivity contribution is 0.0817. The van der Waals surface area contributed by atoms with E-state index in [1.54, 1.807) is 0 Å². The van der Waals surface area contributed by atoms with Crippen molar-refractivity contribution in [3.05, 3.63) is 113 Å². The normalized spacial score (nSPS) is 18.7. The second-order valence-corrected chi connectivity index (χ2v) is 9.44. The third-order valence-corrected chi connectivity index (χ3v) is 7.39. The number of benzene rings is 3. The van der Waals surface area contributed by atoms with Gasteiger partial charge in [0, 0.05) is 37.2 Å². The van der Waals surface area contributed by atoms with Crippen LogP contribution in [0.4, 0.5) is 0 Å². The highest BCUT2D eigenvalue weighted by Crippen LogP contribution is 2.42. The number of para-hydroxylation sites is 1. The molecule has 1 fully saturated rings. The molecular weight excluding hydrogens is 404 g/mol. The van der Waals surface area contributed by atoms with Gasteiger partial charge in [0.05, 0.1) is 0 Å². The maximum atomic E-state index is 6.54. The van der Waals surface area contributed by atoms with E-state index in [2.05, 4.69) is 95.7 Å². The molecule has 0 bridgehead atoms. The molecule has 0 saturated carbocycles. The zero-order valence-corrected chi connectivity index (χ0v) is 19.0. The number of piperidine rings is 1. The first-order valence-corrected chi connectivity index (χ1v) is 12.0. The number of hydrogen-bond acceptors (Lipinski definition) is 3. The Labute approximate surface area is 196 Å². The Morgan fingerprint density at radius 3 is 2.42 bits per heavy atom. The van der Waals surface area contributed by atoms with Crippen LogP contribution in [-0.2, 0) is 13.0 Å². The number of ether oxygens (including phenoxy) is 1. The predicted molar refractivity (Wildman–Crippen MR) is 135 cm³/mol. The van der Waals surface area contributed by atoms with E-state index in [0.717, 1.165) is 56.9 Å². The van der Waals surface area contributed by atoms with Crippen molar-refractivity contribution in [2.45, 2.75) is 31.4 Å². The van der Waals surface area contributed by atoms with Gasteiger partial charge >= 0.3 is 0 Å². The molecule has 3 heterocycles. The molecule has 3 aromatic carbocycles. The molecule has 3 nitrogen and oxygen atoms in total. The number of nitrogens with one attached hydrogen (secondary N) is 1. The van der Waals surface area contributed by atoms with Crippen LogP contribution >= 0.6 is 0 Å². The van der Waals surface area contributed by atoms with Gasteiger partial charge in [-0.2, -0.15) is 0 Å². The summed E-state index contributed by atoms with van der Waals surface area (Å²) < 4.78 is 6.54. The van der Waals surface area contributed by atoms with Gasteiger partial charge in [-0.3, -0.25) is 0 Å². The molecule has 166 valence electrons. The van der Waals surface area contributed by atoms with Crippen LogP contribution in [0.3, 0.4) is 0 Å². The van der Waals surface area contributed by atoms with Gasteiger partial charge in [-0.25, -0.2) is 0 Å². The molecule has 1 saturated heterocycles. The monoisotopic (exact) mass is 434 g/mol. The lowest BCUT2D eigenvalue weighted by Crippen LogP contribution is -2.46. The van der Waals surface area contributed by atoms with Gasteiger partial charge in [0.1, 0.15) is 11.4 Å². The van der Waals surface area contributed by atoms with E-state index >= 15 is 0 Å².